The molecule has 0 bridgehead atoms. The van der Waals surface area contributed by atoms with Crippen LogP contribution < -0.4 is 14.8 Å². The van der Waals surface area contributed by atoms with Crippen molar-refractivity contribution in [1.29, 1.82) is 0 Å². The molecule has 0 aromatic heterocycles. The zero-order valence-corrected chi connectivity index (χ0v) is 15.4. The number of sulfone groups is 1. The van der Waals surface area contributed by atoms with Gasteiger partial charge in [-0.15, -0.1) is 0 Å². The number of hydrogen-bond donors (Lipinski definition) is 1. The van der Waals surface area contributed by atoms with Gasteiger partial charge in [0, 0.05) is 17.4 Å². The molecule has 6 nitrogen and oxygen atoms in total. The smallest absolute Gasteiger partial charge is 0.251 e. The van der Waals surface area contributed by atoms with E-state index in [1.807, 2.05) is 6.92 Å². The number of rotatable bonds is 6. The van der Waals surface area contributed by atoms with Crippen LogP contribution in [0.2, 0.25) is 0 Å². The minimum absolute atomic E-state index is 0.173. The van der Waals surface area contributed by atoms with Gasteiger partial charge >= 0.3 is 0 Å². The minimum atomic E-state index is -3.29. The monoisotopic (exact) mass is 363 g/mol. The third-order valence-electron chi connectivity index (χ3n) is 3.80. The molecule has 134 valence electrons. The van der Waals surface area contributed by atoms with Gasteiger partial charge in [0.15, 0.2) is 9.84 Å². The Labute approximate surface area is 147 Å². The molecule has 1 atom stereocenters. The molecule has 0 spiro atoms. The lowest BCUT2D eigenvalue weighted by atomic mass is 10.1. The Kier molecular flexibility index (Phi) is 5.69. The molecule has 2 aromatic carbocycles. The highest BCUT2D eigenvalue weighted by Crippen LogP contribution is 2.29. The highest BCUT2D eigenvalue weighted by molar-refractivity contribution is 7.90. The molecule has 0 aliphatic rings. The molecule has 0 radical (unpaired) electrons. The molecule has 25 heavy (non-hydrogen) atoms. The van der Waals surface area contributed by atoms with Gasteiger partial charge in [-0.3, -0.25) is 4.79 Å². The van der Waals surface area contributed by atoms with Crippen molar-refractivity contribution in [3.63, 3.8) is 0 Å². The van der Waals surface area contributed by atoms with Crippen LogP contribution in [0.4, 0.5) is 0 Å². The van der Waals surface area contributed by atoms with Crippen LogP contribution in [0.15, 0.2) is 47.4 Å². The average molecular weight is 363 g/mol. The van der Waals surface area contributed by atoms with Crippen LogP contribution in [0.1, 0.15) is 28.9 Å². The lowest BCUT2D eigenvalue weighted by molar-refractivity contribution is 0.0939. The molecule has 2 rings (SSSR count). The molecule has 1 amide bonds. The fourth-order valence-corrected chi connectivity index (χ4v) is 3.02. The maximum absolute atomic E-state index is 12.4. The molecule has 0 saturated carbocycles. The van der Waals surface area contributed by atoms with Gasteiger partial charge in [-0.1, -0.05) is 0 Å². The third kappa shape index (κ3) is 4.51. The SMILES string of the molecule is COc1ccc(OC)c([C@@H](C)NC(=O)c2ccc(S(C)(=O)=O)cc2)c1. The van der Waals surface area contributed by atoms with Gasteiger partial charge in [-0.2, -0.15) is 0 Å². The second-order valence-corrected chi connectivity index (χ2v) is 7.62. The topological polar surface area (TPSA) is 81.7 Å². The van der Waals surface area contributed by atoms with E-state index in [1.54, 1.807) is 32.4 Å². The average Bonchev–Trinajstić information content (AvgIpc) is 2.60. The Morgan fingerprint density at radius 3 is 2.20 bits per heavy atom. The molecule has 0 aliphatic carbocycles. The van der Waals surface area contributed by atoms with Crippen molar-refractivity contribution in [3.05, 3.63) is 53.6 Å². The molecule has 0 unspecified atom stereocenters. The Bertz CT molecular complexity index is 860. The summed E-state index contributed by atoms with van der Waals surface area (Å²) >= 11 is 0. The van der Waals surface area contributed by atoms with Crippen LogP contribution in [0.3, 0.4) is 0 Å². The first-order valence-electron chi connectivity index (χ1n) is 7.59. The number of ether oxygens (including phenoxy) is 2. The van der Waals surface area contributed by atoms with E-state index in [1.165, 1.54) is 24.3 Å². The standard InChI is InChI=1S/C18H21NO5S/c1-12(16-11-14(23-2)7-10-17(16)24-3)19-18(20)13-5-8-15(9-6-13)25(4,21)22/h5-12H,1-4H3,(H,19,20)/t12-/m1/s1. The Morgan fingerprint density at radius 1 is 1.04 bits per heavy atom. The van der Waals surface area contributed by atoms with Crippen molar-refractivity contribution in [3.8, 4) is 11.5 Å². The van der Waals surface area contributed by atoms with Gasteiger partial charge in [0.1, 0.15) is 11.5 Å². The zero-order chi connectivity index (χ0) is 18.6. The van der Waals surface area contributed by atoms with Gasteiger partial charge in [-0.25, -0.2) is 8.42 Å². The van der Waals surface area contributed by atoms with Gasteiger partial charge < -0.3 is 14.8 Å². The summed E-state index contributed by atoms with van der Waals surface area (Å²) in [6.07, 6.45) is 1.12. The fourth-order valence-electron chi connectivity index (χ4n) is 2.39. The molecule has 1 N–H and O–H groups in total. The normalized spacial score (nSPS) is 12.3. The zero-order valence-electron chi connectivity index (χ0n) is 14.6. The summed E-state index contributed by atoms with van der Waals surface area (Å²) in [5.74, 6) is 0.993. The second-order valence-electron chi connectivity index (χ2n) is 5.60. The molecule has 0 aliphatic heterocycles. The molecule has 0 saturated heterocycles. The van der Waals surface area contributed by atoms with E-state index >= 15 is 0 Å². The van der Waals surface area contributed by atoms with Crippen molar-refractivity contribution < 1.29 is 22.7 Å². The summed E-state index contributed by atoms with van der Waals surface area (Å²) in [7, 11) is -0.163. The highest BCUT2D eigenvalue weighted by atomic mass is 32.2. The number of carbonyl (C=O) groups excluding carboxylic acids is 1. The first-order chi connectivity index (χ1) is 11.8. The maximum Gasteiger partial charge on any atom is 0.251 e. The number of benzene rings is 2. The van der Waals surface area contributed by atoms with E-state index in [0.717, 1.165) is 11.8 Å². The summed E-state index contributed by atoms with van der Waals surface area (Å²) in [5, 5.41) is 2.87. The predicted octanol–water partition coefficient (Wildman–Crippen LogP) is 2.60. The molecule has 7 heteroatoms. The summed E-state index contributed by atoms with van der Waals surface area (Å²) in [6.45, 7) is 1.83. The quantitative estimate of drug-likeness (QED) is 0.853. The number of carbonyl (C=O) groups is 1. The molecule has 0 heterocycles. The van der Waals surface area contributed by atoms with E-state index in [4.69, 9.17) is 9.47 Å². The first kappa shape index (κ1) is 18.8. The Morgan fingerprint density at radius 2 is 1.68 bits per heavy atom. The number of methoxy groups -OCH3 is 2. The van der Waals surface area contributed by atoms with E-state index < -0.39 is 9.84 Å². The summed E-state index contributed by atoms with van der Waals surface area (Å²) in [4.78, 5) is 12.6. The van der Waals surface area contributed by atoms with Gasteiger partial charge in [0.05, 0.1) is 25.2 Å². The van der Waals surface area contributed by atoms with Crippen LogP contribution in [-0.4, -0.2) is 34.8 Å². The molecular formula is C18H21NO5S. The van der Waals surface area contributed by atoms with Crippen LogP contribution >= 0.6 is 0 Å². The van der Waals surface area contributed by atoms with Crippen molar-refractivity contribution in [2.75, 3.05) is 20.5 Å². The van der Waals surface area contributed by atoms with Gasteiger partial charge in [-0.05, 0) is 49.4 Å². The van der Waals surface area contributed by atoms with Crippen LogP contribution in [0.25, 0.3) is 0 Å². The van der Waals surface area contributed by atoms with E-state index in [2.05, 4.69) is 5.32 Å². The first-order valence-corrected chi connectivity index (χ1v) is 9.48. The van der Waals surface area contributed by atoms with E-state index in [0.29, 0.717) is 17.1 Å². The largest absolute Gasteiger partial charge is 0.497 e. The van der Waals surface area contributed by atoms with Gasteiger partial charge in [0.25, 0.3) is 5.91 Å². The van der Waals surface area contributed by atoms with Crippen molar-refractivity contribution >= 4 is 15.7 Å². The van der Waals surface area contributed by atoms with Crippen molar-refractivity contribution in [2.45, 2.75) is 17.9 Å². The molecule has 2 aromatic rings. The number of amides is 1. The summed E-state index contributed by atoms with van der Waals surface area (Å²) in [5.41, 5.74) is 1.16. The minimum Gasteiger partial charge on any atom is -0.497 e. The lowest BCUT2D eigenvalue weighted by Crippen LogP contribution is -2.27. The maximum atomic E-state index is 12.4. The van der Waals surface area contributed by atoms with Crippen LogP contribution in [-0.2, 0) is 9.84 Å². The van der Waals surface area contributed by atoms with Gasteiger partial charge in [0.2, 0.25) is 0 Å². The molecular weight excluding hydrogens is 342 g/mol. The third-order valence-corrected chi connectivity index (χ3v) is 4.92. The predicted molar refractivity (Wildman–Crippen MR) is 95.0 cm³/mol. The summed E-state index contributed by atoms with van der Waals surface area (Å²) < 4.78 is 33.5. The Hall–Kier alpha value is -2.54. The van der Waals surface area contributed by atoms with E-state index in [-0.39, 0.29) is 16.8 Å². The van der Waals surface area contributed by atoms with Crippen LogP contribution in [0.5, 0.6) is 11.5 Å². The second kappa shape index (κ2) is 7.57. The Balaban J connectivity index is 2.20. The number of nitrogens with one attached hydrogen (secondary N) is 1. The van der Waals surface area contributed by atoms with Crippen molar-refractivity contribution in [1.82, 2.24) is 5.32 Å². The lowest BCUT2D eigenvalue weighted by Gasteiger charge is -2.18. The highest BCUT2D eigenvalue weighted by Gasteiger charge is 2.17. The summed E-state index contributed by atoms with van der Waals surface area (Å²) in [6, 6.07) is 10.8. The van der Waals surface area contributed by atoms with Crippen LogP contribution in [0, 0.1) is 0 Å². The molecule has 0 fully saturated rings. The van der Waals surface area contributed by atoms with E-state index in [9.17, 15) is 13.2 Å². The fraction of sp³-hybridized carbons (Fsp3) is 0.278. The number of hydrogen-bond acceptors (Lipinski definition) is 5. The van der Waals surface area contributed by atoms with Crippen molar-refractivity contribution in [2.24, 2.45) is 0 Å².